The number of nitrogens with zero attached hydrogens (tertiary/aromatic N) is 2. The minimum absolute atomic E-state index is 0. The van der Waals surface area contributed by atoms with E-state index in [9.17, 15) is 0 Å². The van der Waals surface area contributed by atoms with Crippen LogP contribution in [0.25, 0.3) is 32.7 Å². The minimum Gasteiger partial charge on any atom is 0 e. The first kappa shape index (κ1) is 104. The molecule has 1 aliphatic rings. The summed E-state index contributed by atoms with van der Waals surface area (Å²) in [5, 5.41) is 28.2. The second-order valence-corrected chi connectivity index (χ2v) is 29.9. The fourth-order valence-electron chi connectivity index (χ4n) is 12.6. The van der Waals surface area contributed by atoms with Crippen molar-refractivity contribution in [3.05, 3.63) is 245 Å². The van der Waals surface area contributed by atoms with E-state index in [1.165, 1.54) is 249 Å². The number of hydrogen-bond acceptors (Lipinski definition) is 12. The number of ether oxygens (including phenoxy) is 2. The standard InChI is InChI=1S/C41H47NO.C36H50BNO2.C11H9BrO.2C2H4O2.3K.HO4P.Pd/c1-4-6-8-10-12-32-14-23-38(24-15-32)42(39-25-16-33(17-26-39)13-11-9-7-5-2)40-27-20-34(21-28-40)35-18-19-37-31-41(43-3)29-22-36(37)30-35;1-7-9-11-13-15-29-17-23-32(24-18-29)38(33-25-19-30(20-26-33)16-14-12-10-8-2)34-27-21-31(22-28-34)37-39-35(3,4)36(5,6)40-37;1-13-11-5-3-8-6-10(12)4-2-9(8)7-11;2*1-2(3)4;;;;1-4-5(2)3;/h14-31H,4-13H2,1-3H3;17-28H,7-16H2,1-6H3;2-7H,1H3;2*1H3,(H,3,4);;;;1H;/q;;;;;;;+1;;/p-1. The van der Waals surface area contributed by atoms with Gasteiger partial charge < -0.3 is 48.9 Å². The SMILES string of the molecule is CC(=O)O.CC(=O)O.CCCCCCc1ccc(N(c2ccc(CCCCCC)cc2)c2ccc(-c3ccc4cc(OC)ccc4c3)cc2)cc1.CCCCCCc1ccc(N(c2ccc(CCCCCC)cc2)c2ccc(B3OC(C)(C)C(C)(C)O3)cc2)cc1.COc1ccc2cc(Br)ccc2c1.O=[P+]([O-])O[O-].[K+].[K][K].[Pd]. The van der Waals surface area contributed by atoms with E-state index in [1.807, 2.05) is 24.3 Å². The Kier molecular flexibility index (Phi) is 53.4. The third-order valence-corrected chi connectivity index (χ3v) is 19.9. The number of unbranched alkanes of at least 4 members (excludes halogenated alkanes) is 12. The molecule has 0 amide bonds. The van der Waals surface area contributed by atoms with Crippen molar-refractivity contribution in [2.75, 3.05) is 24.0 Å². The molecule has 1 atom stereocenters. The number of anilines is 6. The first-order valence-corrected chi connectivity index (χ1v) is 57.5. The Hall–Kier alpha value is -3.12. The summed E-state index contributed by atoms with van der Waals surface area (Å²) >= 11 is 5.94. The number of carboxylic acids is 2. The van der Waals surface area contributed by atoms with E-state index in [-0.39, 0.29) is 90.1 Å². The molecule has 0 aromatic heterocycles. The van der Waals surface area contributed by atoms with Crippen molar-refractivity contribution in [3.63, 3.8) is 0 Å². The van der Waals surface area contributed by atoms with Gasteiger partial charge in [-0.15, -0.1) is 0 Å². The Bertz CT molecular complexity index is 4190. The van der Waals surface area contributed by atoms with Crippen LogP contribution in [0.4, 0.5) is 34.1 Å². The van der Waals surface area contributed by atoms with Gasteiger partial charge in [0.05, 0.1) is 25.4 Å². The van der Waals surface area contributed by atoms with Gasteiger partial charge in [0, 0.05) is 72.9 Å². The zero-order chi connectivity index (χ0) is 81.1. The fourth-order valence-corrected chi connectivity index (χ4v) is 13.0. The number of methoxy groups -OCH3 is 2. The molecule has 14 nitrogen and oxygen atoms in total. The van der Waals surface area contributed by atoms with E-state index in [0.29, 0.717) is 0 Å². The predicted octanol–water partition coefficient (Wildman–Crippen LogP) is 20.3. The fraction of sp³-hybridized carbons (Fsp3) is 0.370. The molecule has 1 fully saturated rings. The molecule has 0 bridgehead atoms. The molecule has 113 heavy (non-hydrogen) atoms. The molecule has 1 unspecified atom stereocenters. The Morgan fingerprint density at radius 3 is 0.982 bits per heavy atom. The molecule has 10 aromatic rings. The Morgan fingerprint density at radius 1 is 0.434 bits per heavy atom. The maximum atomic E-state index is 9.00. The molecular formula is C92H114BBrK3N2O12PPd. The van der Waals surface area contributed by atoms with Gasteiger partial charge in [0.2, 0.25) is 0 Å². The van der Waals surface area contributed by atoms with E-state index in [1.54, 1.807) is 14.2 Å². The average molecular weight is 1790 g/mol. The van der Waals surface area contributed by atoms with Crippen molar-refractivity contribution >= 4 is 168 Å². The molecule has 592 valence electrons. The van der Waals surface area contributed by atoms with Gasteiger partial charge in [0.25, 0.3) is 11.9 Å². The van der Waals surface area contributed by atoms with Crippen molar-refractivity contribution in [2.24, 2.45) is 0 Å². The molecule has 1 aliphatic heterocycles. The molecular weight excluding hydrogens is 1670 g/mol. The van der Waals surface area contributed by atoms with Crippen LogP contribution in [-0.2, 0) is 74.2 Å². The van der Waals surface area contributed by atoms with E-state index in [0.717, 1.165) is 66.7 Å². The van der Waals surface area contributed by atoms with Crippen LogP contribution in [0.5, 0.6) is 11.5 Å². The van der Waals surface area contributed by atoms with E-state index in [4.69, 9.17) is 53.3 Å². The molecule has 1 heterocycles. The number of carbonyl (C=O) groups is 2. The van der Waals surface area contributed by atoms with Crippen LogP contribution in [0.2, 0.25) is 0 Å². The molecule has 0 radical (unpaired) electrons. The summed E-state index contributed by atoms with van der Waals surface area (Å²) in [6.07, 6.45) is 25.3. The van der Waals surface area contributed by atoms with Crippen molar-refractivity contribution in [3.8, 4) is 22.6 Å². The third kappa shape index (κ3) is 37.6. The molecule has 21 heteroatoms. The number of benzene rings is 10. The Morgan fingerprint density at radius 2 is 0.690 bits per heavy atom. The molecule has 2 N–H and O–H groups in total. The quantitative estimate of drug-likeness (QED) is 0.0137. The van der Waals surface area contributed by atoms with Crippen molar-refractivity contribution < 1.29 is 130 Å². The maximum Gasteiger partial charge on any atom is 0 e. The zero-order valence-corrected chi connectivity index (χ0v) is 82.9. The zero-order valence-electron chi connectivity index (χ0n) is 69.5. The smallest absolute Gasteiger partial charge is 0 e. The van der Waals surface area contributed by atoms with Crippen LogP contribution >= 0.6 is 24.2 Å². The number of halogens is 1. The number of aryl methyl sites for hydroxylation is 4. The summed E-state index contributed by atoms with van der Waals surface area (Å²) in [5.41, 5.74) is 15.5. The van der Waals surface area contributed by atoms with Crippen LogP contribution in [0.3, 0.4) is 0 Å². The third-order valence-electron chi connectivity index (χ3n) is 19.3. The van der Waals surface area contributed by atoms with Gasteiger partial charge in [0.1, 0.15) is 11.5 Å². The van der Waals surface area contributed by atoms with Crippen molar-refractivity contribution in [1.82, 2.24) is 0 Å². The maximum absolute atomic E-state index is 9.00. The van der Waals surface area contributed by atoms with Crippen molar-refractivity contribution in [2.45, 2.75) is 209 Å². The van der Waals surface area contributed by atoms with Crippen LogP contribution in [-0.4, -0.2) is 118 Å². The Labute approximate surface area is 785 Å². The number of carboxylic acid groups (broad SMARTS) is 2. The second-order valence-electron chi connectivity index (χ2n) is 28.4. The number of aliphatic carboxylic acids is 2. The number of rotatable bonds is 31. The molecule has 0 saturated carbocycles. The predicted molar refractivity (Wildman–Crippen MR) is 464 cm³/mol. The molecule has 11 rings (SSSR count). The van der Waals surface area contributed by atoms with Crippen LogP contribution in [0, 0.1) is 0 Å². The summed E-state index contributed by atoms with van der Waals surface area (Å²) in [6, 6.07) is 79.5. The first-order chi connectivity index (χ1) is 53.4. The molecule has 0 spiro atoms. The first-order valence-electron chi connectivity index (χ1n) is 39.6. The average Bonchev–Trinajstić information content (AvgIpc) is 1.62. The minimum atomic E-state index is -3.15. The normalized spacial score (nSPS) is 12.1. The summed E-state index contributed by atoms with van der Waals surface area (Å²) in [7, 11) is -0.114. The number of hydrogen-bond donors (Lipinski definition) is 2. The monoisotopic (exact) mass is 1780 g/mol. The van der Waals surface area contributed by atoms with Gasteiger partial charge in [-0.25, -0.2) is 4.67 Å². The summed E-state index contributed by atoms with van der Waals surface area (Å²) in [6.45, 7) is 19.7. The van der Waals surface area contributed by atoms with Crippen LogP contribution in [0.15, 0.2) is 223 Å². The summed E-state index contributed by atoms with van der Waals surface area (Å²) < 4.78 is 35.6. The van der Waals surface area contributed by atoms with E-state index >= 15 is 0 Å². The number of fused-ring (bicyclic) bond motifs is 2. The summed E-state index contributed by atoms with van der Waals surface area (Å²) in [5.74, 6) is 0.119. The van der Waals surface area contributed by atoms with Gasteiger partial charge in [-0.05, 0) is 259 Å². The van der Waals surface area contributed by atoms with Gasteiger partial charge in [-0.1, -0.05) is 224 Å². The van der Waals surface area contributed by atoms with E-state index < -0.39 is 20.2 Å². The topological polar surface area (TPSA) is 190 Å². The molecule has 0 aliphatic carbocycles. The van der Waals surface area contributed by atoms with Gasteiger partial charge in [-0.3, -0.25) is 9.59 Å². The second kappa shape index (κ2) is 57.9. The van der Waals surface area contributed by atoms with Crippen LogP contribution in [0.1, 0.15) is 194 Å². The van der Waals surface area contributed by atoms with Gasteiger partial charge in [0.15, 0.2) is 0 Å². The molecule has 1 saturated heterocycles. The van der Waals surface area contributed by atoms with Crippen LogP contribution < -0.4 is 86.3 Å². The summed E-state index contributed by atoms with van der Waals surface area (Å²) in [4.78, 5) is 31.6. The van der Waals surface area contributed by atoms with E-state index in [2.05, 4.69) is 280 Å². The van der Waals surface area contributed by atoms with Crippen molar-refractivity contribution in [1.29, 1.82) is 0 Å². The Balaban J connectivity index is 0.000000432. The van der Waals surface area contributed by atoms with Gasteiger partial charge in [-0.2, -0.15) is 0 Å². The van der Waals surface area contributed by atoms with Gasteiger partial charge >= 0.3 is 130 Å². The molecule has 10 aromatic carbocycles. The largest absolute Gasteiger partial charge is 0 e.